The number of nitrogens with zero attached hydrogens (tertiary/aromatic N) is 1. The third-order valence-corrected chi connectivity index (χ3v) is 3.51. The first-order valence-corrected chi connectivity index (χ1v) is 5.84. The van der Waals surface area contributed by atoms with Gasteiger partial charge in [-0.05, 0) is 38.1 Å². The summed E-state index contributed by atoms with van der Waals surface area (Å²) in [4.78, 5) is 4.73. The van der Waals surface area contributed by atoms with E-state index in [0.717, 1.165) is 31.5 Å². The molecule has 1 aliphatic carbocycles. The van der Waals surface area contributed by atoms with Crippen LogP contribution in [0.15, 0.2) is 4.99 Å². The molecular formula is C11H18N2O. The van der Waals surface area contributed by atoms with Crippen LogP contribution in [0.1, 0.15) is 25.7 Å². The van der Waals surface area contributed by atoms with Crippen molar-refractivity contribution >= 4 is 5.90 Å². The van der Waals surface area contributed by atoms with Gasteiger partial charge >= 0.3 is 0 Å². The Labute approximate surface area is 84.9 Å². The quantitative estimate of drug-likeness (QED) is 0.716. The van der Waals surface area contributed by atoms with Crippen LogP contribution in [0.2, 0.25) is 0 Å². The average Bonchev–Trinajstić information content (AvgIpc) is 2.98. The van der Waals surface area contributed by atoms with Crippen LogP contribution in [0.5, 0.6) is 0 Å². The van der Waals surface area contributed by atoms with Crippen LogP contribution in [0.3, 0.4) is 0 Å². The topological polar surface area (TPSA) is 33.6 Å². The molecule has 0 bridgehead atoms. The summed E-state index contributed by atoms with van der Waals surface area (Å²) in [5.74, 6) is 2.46. The molecule has 14 heavy (non-hydrogen) atoms. The molecule has 3 aliphatic rings. The van der Waals surface area contributed by atoms with Crippen LogP contribution in [0, 0.1) is 11.8 Å². The molecule has 0 spiro atoms. The van der Waals surface area contributed by atoms with E-state index in [1.54, 1.807) is 0 Å². The maximum absolute atomic E-state index is 5.72. The highest BCUT2D eigenvalue weighted by Gasteiger charge is 2.36. The SMILES string of the molecule is C1CNCC(C2=NC(C3CC3)CO2)C1. The van der Waals surface area contributed by atoms with Crippen molar-refractivity contribution in [2.75, 3.05) is 19.7 Å². The van der Waals surface area contributed by atoms with Crippen molar-refractivity contribution < 1.29 is 4.74 Å². The van der Waals surface area contributed by atoms with Gasteiger partial charge in [-0.25, -0.2) is 4.99 Å². The Hall–Kier alpha value is -0.570. The third kappa shape index (κ3) is 1.65. The van der Waals surface area contributed by atoms with E-state index in [0.29, 0.717) is 12.0 Å². The van der Waals surface area contributed by atoms with E-state index in [9.17, 15) is 0 Å². The Morgan fingerprint density at radius 3 is 2.93 bits per heavy atom. The zero-order valence-corrected chi connectivity index (χ0v) is 8.54. The number of ether oxygens (including phenoxy) is 1. The monoisotopic (exact) mass is 194 g/mol. The fourth-order valence-electron chi connectivity index (χ4n) is 2.42. The molecule has 3 heteroatoms. The van der Waals surface area contributed by atoms with E-state index in [4.69, 9.17) is 9.73 Å². The number of rotatable bonds is 2. The fraction of sp³-hybridized carbons (Fsp3) is 0.909. The van der Waals surface area contributed by atoms with Crippen LogP contribution in [0.4, 0.5) is 0 Å². The van der Waals surface area contributed by atoms with Crippen LogP contribution >= 0.6 is 0 Å². The Morgan fingerprint density at radius 2 is 2.21 bits per heavy atom. The van der Waals surface area contributed by atoms with Gasteiger partial charge in [-0.2, -0.15) is 0 Å². The number of nitrogens with one attached hydrogen (secondary N) is 1. The Bertz CT molecular complexity index is 242. The van der Waals surface area contributed by atoms with Gasteiger partial charge in [-0.3, -0.25) is 0 Å². The molecule has 0 aromatic carbocycles. The minimum Gasteiger partial charge on any atom is -0.478 e. The molecule has 0 amide bonds. The lowest BCUT2D eigenvalue weighted by molar-refractivity contribution is 0.278. The number of hydrogen-bond acceptors (Lipinski definition) is 3. The maximum Gasteiger partial charge on any atom is 0.188 e. The minimum atomic E-state index is 0.506. The van der Waals surface area contributed by atoms with Crippen molar-refractivity contribution in [3.8, 4) is 0 Å². The summed E-state index contributed by atoms with van der Waals surface area (Å²) in [6, 6.07) is 0.506. The summed E-state index contributed by atoms with van der Waals surface area (Å²) in [6.45, 7) is 3.09. The average molecular weight is 194 g/mol. The van der Waals surface area contributed by atoms with Crippen LogP contribution in [0.25, 0.3) is 0 Å². The molecule has 0 radical (unpaired) electrons. The zero-order chi connectivity index (χ0) is 9.38. The summed E-state index contributed by atoms with van der Waals surface area (Å²) in [5.41, 5.74) is 0. The van der Waals surface area contributed by atoms with Crippen molar-refractivity contribution in [2.45, 2.75) is 31.7 Å². The third-order valence-electron chi connectivity index (χ3n) is 3.51. The fourth-order valence-corrected chi connectivity index (χ4v) is 2.42. The molecule has 3 nitrogen and oxygen atoms in total. The lowest BCUT2D eigenvalue weighted by Crippen LogP contribution is -2.34. The van der Waals surface area contributed by atoms with Crippen molar-refractivity contribution in [2.24, 2.45) is 16.8 Å². The number of aliphatic imine (C=N–C) groups is 1. The maximum atomic E-state index is 5.72. The molecule has 2 heterocycles. The Kier molecular flexibility index (Phi) is 2.20. The van der Waals surface area contributed by atoms with Gasteiger partial charge in [0.25, 0.3) is 0 Å². The molecule has 1 N–H and O–H groups in total. The molecule has 1 saturated carbocycles. The molecule has 2 unspecified atom stereocenters. The molecule has 2 atom stereocenters. The predicted molar refractivity (Wildman–Crippen MR) is 55.5 cm³/mol. The summed E-state index contributed by atoms with van der Waals surface area (Å²) in [5, 5.41) is 3.41. The second-order valence-electron chi connectivity index (χ2n) is 4.73. The van der Waals surface area contributed by atoms with E-state index in [1.807, 2.05) is 0 Å². The van der Waals surface area contributed by atoms with Gasteiger partial charge < -0.3 is 10.1 Å². The number of hydrogen-bond donors (Lipinski definition) is 1. The van der Waals surface area contributed by atoms with Crippen LogP contribution in [-0.2, 0) is 4.74 Å². The van der Waals surface area contributed by atoms with Gasteiger partial charge in [0.1, 0.15) is 6.61 Å². The molecule has 3 rings (SSSR count). The van der Waals surface area contributed by atoms with E-state index in [1.165, 1.54) is 25.7 Å². The minimum absolute atomic E-state index is 0.506. The first kappa shape index (κ1) is 8.72. The summed E-state index contributed by atoms with van der Waals surface area (Å²) >= 11 is 0. The first-order valence-electron chi connectivity index (χ1n) is 5.84. The van der Waals surface area contributed by atoms with Crippen molar-refractivity contribution in [1.29, 1.82) is 0 Å². The van der Waals surface area contributed by atoms with E-state index < -0.39 is 0 Å². The molecule has 2 aliphatic heterocycles. The van der Waals surface area contributed by atoms with Gasteiger partial charge in [0, 0.05) is 12.5 Å². The Morgan fingerprint density at radius 1 is 1.29 bits per heavy atom. The number of piperidine rings is 1. The van der Waals surface area contributed by atoms with Crippen molar-refractivity contribution in [3.05, 3.63) is 0 Å². The van der Waals surface area contributed by atoms with E-state index in [2.05, 4.69) is 5.32 Å². The second kappa shape index (κ2) is 3.54. The van der Waals surface area contributed by atoms with Gasteiger partial charge in [0.15, 0.2) is 5.90 Å². The highest BCUT2D eigenvalue weighted by Crippen LogP contribution is 2.37. The van der Waals surface area contributed by atoms with Crippen molar-refractivity contribution in [1.82, 2.24) is 5.32 Å². The first-order chi connectivity index (χ1) is 6.93. The van der Waals surface area contributed by atoms with Crippen LogP contribution < -0.4 is 5.32 Å². The molecule has 78 valence electrons. The smallest absolute Gasteiger partial charge is 0.188 e. The Balaban J connectivity index is 1.63. The molecular weight excluding hydrogens is 176 g/mol. The van der Waals surface area contributed by atoms with Gasteiger partial charge in [0.05, 0.1) is 6.04 Å². The van der Waals surface area contributed by atoms with Gasteiger partial charge in [0.2, 0.25) is 0 Å². The summed E-state index contributed by atoms with van der Waals surface area (Å²) < 4.78 is 5.72. The lowest BCUT2D eigenvalue weighted by atomic mass is 10.00. The second-order valence-corrected chi connectivity index (χ2v) is 4.73. The standard InChI is InChI=1S/C11H18N2O/c1-2-9(6-12-5-1)11-13-10(7-14-11)8-3-4-8/h8-10,12H,1-7H2. The van der Waals surface area contributed by atoms with Gasteiger partial charge in [-0.1, -0.05) is 0 Å². The molecule has 0 aromatic heterocycles. The van der Waals surface area contributed by atoms with Crippen molar-refractivity contribution in [3.63, 3.8) is 0 Å². The normalized spacial score (nSPS) is 37.9. The summed E-state index contributed by atoms with van der Waals surface area (Å²) in [7, 11) is 0. The van der Waals surface area contributed by atoms with Crippen LogP contribution in [-0.4, -0.2) is 31.6 Å². The van der Waals surface area contributed by atoms with E-state index >= 15 is 0 Å². The molecule has 0 aromatic rings. The molecule has 2 fully saturated rings. The molecule has 1 saturated heterocycles. The highest BCUT2D eigenvalue weighted by atomic mass is 16.5. The lowest BCUT2D eigenvalue weighted by Gasteiger charge is -2.21. The predicted octanol–water partition coefficient (Wildman–Crippen LogP) is 1.19. The van der Waals surface area contributed by atoms with Gasteiger partial charge in [-0.15, -0.1) is 0 Å². The summed E-state index contributed by atoms with van der Waals surface area (Å²) in [6.07, 6.45) is 5.26. The highest BCUT2D eigenvalue weighted by molar-refractivity contribution is 5.80. The largest absolute Gasteiger partial charge is 0.478 e. The van der Waals surface area contributed by atoms with E-state index in [-0.39, 0.29) is 0 Å². The zero-order valence-electron chi connectivity index (χ0n) is 8.54.